The van der Waals surface area contributed by atoms with Crippen molar-refractivity contribution in [2.24, 2.45) is 4.99 Å². The molecule has 1 N–H and O–H groups in total. The Morgan fingerprint density at radius 1 is 1.18 bits per heavy atom. The van der Waals surface area contributed by atoms with Crippen molar-refractivity contribution in [2.75, 3.05) is 27.9 Å². The van der Waals surface area contributed by atoms with Gasteiger partial charge in [0.05, 0.1) is 14.4 Å². The fourth-order valence-corrected chi connectivity index (χ4v) is 0.875. The quantitative estimate of drug-likeness (QED) is 0.737. The Labute approximate surface area is 105 Å². The molecule has 0 radical (unpaired) electrons. The standard InChI is InChI=1S/C11H20N2.2CH3F/c1-9(2)8-13-11(10(3)4)6-7-12-5;2*1-2/h8,12H,1,6-7H2,2-5H3;2*1H3. The molecule has 0 saturated heterocycles. The summed E-state index contributed by atoms with van der Waals surface area (Å²) in [5.41, 5.74) is 3.41. The first kappa shape index (κ1) is 21.3. The average Bonchev–Trinajstić information content (AvgIpc) is 2.33. The minimum Gasteiger partial charge on any atom is -0.319 e. The Bertz CT molecular complexity index is 230. The van der Waals surface area contributed by atoms with Gasteiger partial charge in [0.1, 0.15) is 0 Å². The molecule has 4 heteroatoms. The van der Waals surface area contributed by atoms with Gasteiger partial charge >= 0.3 is 0 Å². The van der Waals surface area contributed by atoms with Gasteiger partial charge in [-0.15, -0.1) is 0 Å². The number of nitrogens with one attached hydrogen (secondary N) is 1. The molecule has 0 aliphatic heterocycles. The van der Waals surface area contributed by atoms with E-state index in [9.17, 15) is 8.78 Å². The van der Waals surface area contributed by atoms with E-state index in [0.29, 0.717) is 14.4 Å². The summed E-state index contributed by atoms with van der Waals surface area (Å²) < 4.78 is 19.0. The highest BCUT2D eigenvalue weighted by Gasteiger charge is 1.95. The molecule has 0 aliphatic carbocycles. The molecule has 0 amide bonds. The Balaban J connectivity index is -0.000000439. The second-order valence-corrected chi connectivity index (χ2v) is 3.40. The first-order valence-corrected chi connectivity index (χ1v) is 5.34. The van der Waals surface area contributed by atoms with E-state index in [4.69, 9.17) is 0 Å². The molecule has 0 aromatic rings. The van der Waals surface area contributed by atoms with Crippen LogP contribution in [-0.4, -0.2) is 34.2 Å². The summed E-state index contributed by atoms with van der Waals surface area (Å²) in [6.07, 6.45) is 2.79. The Hall–Kier alpha value is -1.03. The SMILES string of the molecule is C=C(C)C=NC(CCNC)=C(C)C.CF.CF. The lowest BCUT2D eigenvalue weighted by molar-refractivity contribution is 0.635. The van der Waals surface area contributed by atoms with Crippen LogP contribution in [-0.2, 0) is 0 Å². The van der Waals surface area contributed by atoms with Crippen LogP contribution in [0.3, 0.4) is 0 Å². The largest absolute Gasteiger partial charge is 0.319 e. The molecule has 102 valence electrons. The minimum absolute atomic E-state index is 0.500. The van der Waals surface area contributed by atoms with E-state index in [0.717, 1.165) is 24.2 Å². The van der Waals surface area contributed by atoms with Crippen molar-refractivity contribution in [3.05, 3.63) is 23.4 Å². The maximum Gasteiger partial charge on any atom is 0.0785 e. The number of halogens is 2. The zero-order valence-corrected chi connectivity index (χ0v) is 11.9. The molecule has 0 aromatic heterocycles. The monoisotopic (exact) mass is 248 g/mol. The van der Waals surface area contributed by atoms with E-state index in [1.807, 2.05) is 20.2 Å². The lowest BCUT2D eigenvalue weighted by atomic mass is 10.2. The molecule has 0 saturated carbocycles. The molecule has 0 bridgehead atoms. The van der Waals surface area contributed by atoms with Gasteiger partial charge in [-0.3, -0.25) is 13.8 Å². The summed E-state index contributed by atoms with van der Waals surface area (Å²) in [6, 6.07) is 0. The number of hydrogen-bond acceptors (Lipinski definition) is 2. The molecular weight excluding hydrogens is 222 g/mol. The predicted octanol–water partition coefficient (Wildman–Crippen LogP) is 3.71. The molecule has 17 heavy (non-hydrogen) atoms. The minimum atomic E-state index is 0.500. The topological polar surface area (TPSA) is 24.4 Å². The summed E-state index contributed by atoms with van der Waals surface area (Å²) in [5.74, 6) is 0. The molecule has 0 heterocycles. The van der Waals surface area contributed by atoms with Gasteiger partial charge < -0.3 is 5.32 Å². The van der Waals surface area contributed by atoms with E-state index in [-0.39, 0.29) is 0 Å². The predicted molar refractivity (Wildman–Crippen MR) is 74.3 cm³/mol. The zero-order chi connectivity index (χ0) is 14.3. The van der Waals surface area contributed by atoms with Crippen LogP contribution in [0.4, 0.5) is 8.78 Å². The molecule has 2 nitrogen and oxygen atoms in total. The average molecular weight is 248 g/mol. The van der Waals surface area contributed by atoms with Crippen LogP contribution in [0.25, 0.3) is 0 Å². The summed E-state index contributed by atoms with van der Waals surface area (Å²) in [5, 5.41) is 3.11. The number of alkyl halides is 2. The highest BCUT2D eigenvalue weighted by atomic mass is 19.1. The van der Waals surface area contributed by atoms with Crippen LogP contribution < -0.4 is 5.32 Å². The molecule has 0 spiro atoms. The number of aliphatic imine (C=N–C) groups is 1. The molecule has 0 unspecified atom stereocenters. The van der Waals surface area contributed by atoms with E-state index < -0.39 is 0 Å². The van der Waals surface area contributed by atoms with Crippen molar-refractivity contribution in [3.8, 4) is 0 Å². The van der Waals surface area contributed by atoms with E-state index in [1.165, 1.54) is 5.57 Å². The zero-order valence-electron chi connectivity index (χ0n) is 11.9. The summed E-state index contributed by atoms with van der Waals surface area (Å²) in [6.45, 7) is 10.9. The number of rotatable bonds is 5. The van der Waals surface area contributed by atoms with Crippen molar-refractivity contribution in [2.45, 2.75) is 27.2 Å². The third-order valence-corrected chi connectivity index (χ3v) is 1.63. The van der Waals surface area contributed by atoms with Gasteiger partial charge in [0, 0.05) is 24.9 Å². The Kier molecular flexibility index (Phi) is 21.7. The van der Waals surface area contributed by atoms with E-state index in [2.05, 4.69) is 30.7 Å². The molecule has 0 atom stereocenters. The van der Waals surface area contributed by atoms with Gasteiger partial charge in [0.15, 0.2) is 0 Å². The highest BCUT2D eigenvalue weighted by Crippen LogP contribution is 2.08. The van der Waals surface area contributed by atoms with Gasteiger partial charge in [0.2, 0.25) is 0 Å². The number of nitrogens with zero attached hydrogens (tertiary/aromatic N) is 1. The van der Waals surface area contributed by atoms with Gasteiger partial charge in [0.25, 0.3) is 0 Å². The van der Waals surface area contributed by atoms with Crippen LogP contribution in [0.2, 0.25) is 0 Å². The normalized spacial score (nSPS) is 8.71. The Morgan fingerprint density at radius 2 is 1.65 bits per heavy atom. The van der Waals surface area contributed by atoms with Crippen molar-refractivity contribution in [1.29, 1.82) is 0 Å². The molecule has 0 aromatic carbocycles. The maximum atomic E-state index is 9.50. The van der Waals surface area contributed by atoms with Crippen molar-refractivity contribution in [3.63, 3.8) is 0 Å². The van der Waals surface area contributed by atoms with E-state index in [1.54, 1.807) is 0 Å². The van der Waals surface area contributed by atoms with E-state index >= 15 is 0 Å². The number of allylic oxidation sites excluding steroid dienone is 2. The molecule has 0 rings (SSSR count). The van der Waals surface area contributed by atoms with Crippen molar-refractivity contribution < 1.29 is 8.78 Å². The lowest BCUT2D eigenvalue weighted by Crippen LogP contribution is -2.08. The third-order valence-electron chi connectivity index (χ3n) is 1.63. The third kappa shape index (κ3) is 17.6. The fraction of sp³-hybridized carbons (Fsp3) is 0.615. The molecule has 0 fully saturated rings. The van der Waals surface area contributed by atoms with Gasteiger partial charge in [-0.25, -0.2) is 0 Å². The van der Waals surface area contributed by atoms with Crippen LogP contribution >= 0.6 is 0 Å². The fourth-order valence-electron chi connectivity index (χ4n) is 0.875. The first-order valence-electron chi connectivity index (χ1n) is 5.34. The van der Waals surface area contributed by atoms with Gasteiger partial charge in [-0.1, -0.05) is 12.2 Å². The van der Waals surface area contributed by atoms with Gasteiger partial charge in [-0.2, -0.15) is 0 Å². The molecule has 0 aliphatic rings. The molecular formula is C13H26F2N2. The second-order valence-electron chi connectivity index (χ2n) is 3.40. The van der Waals surface area contributed by atoms with Crippen LogP contribution in [0, 0.1) is 0 Å². The van der Waals surface area contributed by atoms with Crippen molar-refractivity contribution >= 4 is 6.21 Å². The second kappa shape index (κ2) is 17.4. The van der Waals surface area contributed by atoms with Crippen LogP contribution in [0.1, 0.15) is 27.2 Å². The van der Waals surface area contributed by atoms with Crippen LogP contribution in [0.5, 0.6) is 0 Å². The lowest BCUT2D eigenvalue weighted by Gasteiger charge is -2.03. The number of hydrogen-bond donors (Lipinski definition) is 1. The summed E-state index contributed by atoms with van der Waals surface area (Å²) in [7, 11) is 2.95. The Morgan fingerprint density at radius 3 is 1.94 bits per heavy atom. The van der Waals surface area contributed by atoms with Crippen LogP contribution in [0.15, 0.2) is 28.4 Å². The van der Waals surface area contributed by atoms with Gasteiger partial charge in [-0.05, 0) is 33.4 Å². The maximum absolute atomic E-state index is 9.50. The highest BCUT2D eigenvalue weighted by molar-refractivity contribution is 5.77. The smallest absolute Gasteiger partial charge is 0.0785 e. The first-order chi connectivity index (χ1) is 8.07. The summed E-state index contributed by atoms with van der Waals surface area (Å²) >= 11 is 0. The van der Waals surface area contributed by atoms with Crippen molar-refractivity contribution in [1.82, 2.24) is 5.32 Å². The summed E-state index contributed by atoms with van der Waals surface area (Å²) in [4.78, 5) is 4.38.